The first kappa shape index (κ1) is 22.7. The minimum absolute atomic E-state index is 0.0273. The van der Waals surface area contributed by atoms with Gasteiger partial charge in [0.15, 0.2) is 0 Å². The highest BCUT2D eigenvalue weighted by atomic mass is 16.5. The number of carbonyl (C=O) groups excluding carboxylic acids is 2. The molecule has 1 aliphatic rings. The number of esters is 2. The van der Waals surface area contributed by atoms with Gasteiger partial charge in [-0.25, -0.2) is 9.59 Å². The zero-order valence-electron chi connectivity index (χ0n) is 19.6. The highest BCUT2D eigenvalue weighted by Gasteiger charge is 2.43. The Hall–Kier alpha value is -5.03. The van der Waals surface area contributed by atoms with Crippen LogP contribution in [0.25, 0.3) is 16.4 Å². The highest BCUT2D eigenvalue weighted by molar-refractivity contribution is 6.08. The van der Waals surface area contributed by atoms with E-state index in [1.807, 2.05) is 53.1 Å². The van der Waals surface area contributed by atoms with Gasteiger partial charge in [0.05, 0.1) is 48.6 Å². The van der Waals surface area contributed by atoms with E-state index in [1.165, 1.54) is 19.1 Å². The average molecular weight is 479 g/mol. The SMILES string of the molecule is COC(=O)C1=C(C(=O)OC)N(c2cccc3c2ccc2cccn23)C(N)=C(C#N)C1c1ccccc1. The molecule has 3 heterocycles. The topological polar surface area (TPSA) is 110 Å². The largest absolute Gasteiger partial charge is 0.466 e. The van der Waals surface area contributed by atoms with Crippen LogP contribution in [-0.2, 0) is 19.1 Å². The van der Waals surface area contributed by atoms with Gasteiger partial charge in [0.25, 0.3) is 0 Å². The fourth-order valence-electron chi connectivity index (χ4n) is 4.80. The number of allylic oxidation sites excluding steroid dienone is 1. The molecular weight excluding hydrogens is 456 g/mol. The summed E-state index contributed by atoms with van der Waals surface area (Å²) in [4.78, 5) is 28.0. The minimum atomic E-state index is -0.917. The highest BCUT2D eigenvalue weighted by Crippen LogP contribution is 2.44. The summed E-state index contributed by atoms with van der Waals surface area (Å²) in [5.41, 5.74) is 9.61. The Balaban J connectivity index is 1.88. The van der Waals surface area contributed by atoms with Crippen molar-refractivity contribution in [3.05, 3.63) is 107 Å². The molecule has 0 aliphatic carbocycles. The number of fused-ring (bicyclic) bond motifs is 3. The maximum Gasteiger partial charge on any atom is 0.355 e. The number of aromatic nitrogens is 1. The van der Waals surface area contributed by atoms with Gasteiger partial charge in [-0.05, 0) is 42.0 Å². The van der Waals surface area contributed by atoms with Crippen molar-refractivity contribution >= 4 is 34.0 Å². The van der Waals surface area contributed by atoms with Crippen LogP contribution in [0.1, 0.15) is 11.5 Å². The lowest BCUT2D eigenvalue weighted by Gasteiger charge is -2.36. The molecule has 0 bridgehead atoms. The number of nitriles is 1. The summed E-state index contributed by atoms with van der Waals surface area (Å²) < 4.78 is 12.2. The first-order valence-corrected chi connectivity index (χ1v) is 11.2. The van der Waals surface area contributed by atoms with Crippen LogP contribution < -0.4 is 10.6 Å². The Morgan fingerprint density at radius 3 is 2.36 bits per heavy atom. The fourth-order valence-corrected chi connectivity index (χ4v) is 4.80. The van der Waals surface area contributed by atoms with E-state index in [0.29, 0.717) is 11.3 Å². The molecule has 0 fully saturated rings. The molecule has 178 valence electrons. The maximum atomic E-state index is 13.3. The van der Waals surface area contributed by atoms with Crippen molar-refractivity contribution in [2.45, 2.75) is 5.92 Å². The van der Waals surface area contributed by atoms with Crippen LogP contribution in [0.3, 0.4) is 0 Å². The van der Waals surface area contributed by atoms with Gasteiger partial charge in [0.2, 0.25) is 0 Å². The molecule has 0 saturated carbocycles. The first-order valence-electron chi connectivity index (χ1n) is 11.2. The second kappa shape index (κ2) is 8.96. The van der Waals surface area contributed by atoms with E-state index < -0.39 is 17.9 Å². The monoisotopic (exact) mass is 478 g/mol. The van der Waals surface area contributed by atoms with E-state index in [2.05, 4.69) is 6.07 Å². The van der Waals surface area contributed by atoms with Crippen molar-refractivity contribution in [2.24, 2.45) is 5.73 Å². The van der Waals surface area contributed by atoms with Crippen LogP contribution >= 0.6 is 0 Å². The lowest BCUT2D eigenvalue weighted by molar-refractivity contribution is -0.139. The van der Waals surface area contributed by atoms with E-state index in [0.717, 1.165) is 16.4 Å². The molecule has 1 unspecified atom stereocenters. The maximum absolute atomic E-state index is 13.3. The van der Waals surface area contributed by atoms with Gasteiger partial charge in [-0.2, -0.15) is 5.26 Å². The van der Waals surface area contributed by atoms with Gasteiger partial charge in [-0.3, -0.25) is 4.90 Å². The summed E-state index contributed by atoms with van der Waals surface area (Å²) in [6, 6.07) is 24.4. The summed E-state index contributed by atoms with van der Waals surface area (Å²) in [6.07, 6.45) is 1.93. The molecular formula is C28H22N4O4. The van der Waals surface area contributed by atoms with Crippen molar-refractivity contribution < 1.29 is 19.1 Å². The fraction of sp³-hybridized carbons (Fsp3) is 0.107. The summed E-state index contributed by atoms with van der Waals surface area (Å²) in [5, 5.41) is 11.0. The van der Waals surface area contributed by atoms with Crippen molar-refractivity contribution in [3.8, 4) is 6.07 Å². The van der Waals surface area contributed by atoms with Crippen molar-refractivity contribution in [1.82, 2.24) is 4.40 Å². The quantitative estimate of drug-likeness (QED) is 0.442. The van der Waals surface area contributed by atoms with Gasteiger partial charge in [0.1, 0.15) is 11.5 Å². The minimum Gasteiger partial charge on any atom is -0.466 e. The van der Waals surface area contributed by atoms with Crippen molar-refractivity contribution in [2.75, 3.05) is 19.1 Å². The molecule has 36 heavy (non-hydrogen) atoms. The number of ether oxygens (including phenoxy) is 2. The van der Waals surface area contributed by atoms with E-state index in [9.17, 15) is 14.9 Å². The Morgan fingerprint density at radius 1 is 0.917 bits per heavy atom. The number of benzene rings is 2. The number of nitrogens with zero attached hydrogens (tertiary/aromatic N) is 3. The third-order valence-corrected chi connectivity index (χ3v) is 6.37. The summed E-state index contributed by atoms with van der Waals surface area (Å²) in [5.74, 6) is -2.43. The number of nitrogens with two attached hydrogens (primary N) is 1. The predicted octanol–water partition coefficient (Wildman–Crippen LogP) is 3.99. The molecule has 0 radical (unpaired) electrons. The van der Waals surface area contributed by atoms with E-state index >= 15 is 0 Å². The molecule has 8 heteroatoms. The van der Waals surface area contributed by atoms with E-state index in [1.54, 1.807) is 30.3 Å². The van der Waals surface area contributed by atoms with Crippen LogP contribution in [0.2, 0.25) is 0 Å². The molecule has 0 amide bonds. The van der Waals surface area contributed by atoms with Gasteiger partial charge < -0.3 is 19.6 Å². The number of methoxy groups -OCH3 is 2. The van der Waals surface area contributed by atoms with Crippen LogP contribution in [0, 0.1) is 11.3 Å². The Kier molecular flexibility index (Phi) is 5.66. The Labute approximate surface area is 207 Å². The molecule has 1 atom stereocenters. The van der Waals surface area contributed by atoms with Crippen molar-refractivity contribution in [1.29, 1.82) is 5.26 Å². The summed E-state index contributed by atoms with van der Waals surface area (Å²) >= 11 is 0. The number of rotatable bonds is 4. The second-order valence-corrected chi connectivity index (χ2v) is 8.18. The molecule has 2 aromatic heterocycles. The number of anilines is 1. The van der Waals surface area contributed by atoms with Gasteiger partial charge >= 0.3 is 11.9 Å². The molecule has 8 nitrogen and oxygen atoms in total. The predicted molar refractivity (Wildman–Crippen MR) is 134 cm³/mol. The summed E-state index contributed by atoms with van der Waals surface area (Å²) in [6.45, 7) is 0. The summed E-state index contributed by atoms with van der Waals surface area (Å²) in [7, 11) is 2.46. The van der Waals surface area contributed by atoms with Gasteiger partial charge in [0, 0.05) is 17.1 Å². The molecule has 2 N–H and O–H groups in total. The number of hydrogen-bond acceptors (Lipinski definition) is 7. The molecule has 0 saturated heterocycles. The second-order valence-electron chi connectivity index (χ2n) is 8.18. The van der Waals surface area contributed by atoms with Crippen LogP contribution in [0.15, 0.2) is 102 Å². The molecule has 5 rings (SSSR count). The Morgan fingerprint density at radius 2 is 1.67 bits per heavy atom. The molecule has 0 spiro atoms. The zero-order chi connectivity index (χ0) is 25.4. The van der Waals surface area contributed by atoms with Gasteiger partial charge in [-0.15, -0.1) is 0 Å². The van der Waals surface area contributed by atoms with Gasteiger partial charge in [-0.1, -0.05) is 36.4 Å². The zero-order valence-corrected chi connectivity index (χ0v) is 19.6. The van der Waals surface area contributed by atoms with E-state index in [4.69, 9.17) is 15.2 Å². The number of pyridine rings is 1. The van der Waals surface area contributed by atoms with E-state index in [-0.39, 0.29) is 22.7 Å². The van der Waals surface area contributed by atoms with Crippen molar-refractivity contribution in [3.63, 3.8) is 0 Å². The third-order valence-electron chi connectivity index (χ3n) is 6.37. The Bertz CT molecular complexity index is 1630. The average Bonchev–Trinajstić information content (AvgIpc) is 3.41. The number of hydrogen-bond donors (Lipinski definition) is 1. The smallest absolute Gasteiger partial charge is 0.355 e. The molecule has 4 aromatic rings. The van der Waals surface area contributed by atoms with Crippen LogP contribution in [0.4, 0.5) is 5.69 Å². The lowest BCUT2D eigenvalue weighted by Crippen LogP contribution is -2.40. The third kappa shape index (κ3) is 3.37. The first-order chi connectivity index (χ1) is 17.5. The molecule has 1 aliphatic heterocycles. The normalized spacial score (nSPS) is 15.8. The number of carbonyl (C=O) groups is 2. The lowest BCUT2D eigenvalue weighted by atomic mass is 9.81. The van der Waals surface area contributed by atoms with Crippen LogP contribution in [0.5, 0.6) is 0 Å². The molecule has 2 aromatic carbocycles. The standard InChI is InChI=1S/C28H22N4O4/c1-35-27(33)24-23(17-8-4-3-5-9-17)20(16-29)26(30)32(25(24)28(34)36-2)22-12-6-11-21-19(22)14-13-18-10-7-15-31(18)21/h3-15,23H,30H2,1-2H3. The van der Waals surface area contributed by atoms with Crippen LogP contribution in [-0.4, -0.2) is 30.6 Å².